The maximum Gasteiger partial charge on any atom is 0.347 e. The fourth-order valence-electron chi connectivity index (χ4n) is 5.33. The molecular weight excluding hydrogens is 428 g/mol. The van der Waals surface area contributed by atoms with Crippen LogP contribution in [-0.2, 0) is 19.1 Å². The number of benzene rings is 2. The van der Waals surface area contributed by atoms with Crippen molar-refractivity contribution in [2.24, 2.45) is 23.7 Å². The van der Waals surface area contributed by atoms with Crippen molar-refractivity contribution in [2.75, 3.05) is 13.7 Å². The van der Waals surface area contributed by atoms with Gasteiger partial charge in [0.25, 0.3) is 0 Å². The van der Waals surface area contributed by atoms with E-state index >= 15 is 0 Å². The number of fused-ring (bicyclic) bond motifs is 1. The van der Waals surface area contributed by atoms with E-state index in [9.17, 15) is 19.2 Å². The molecule has 5 rings (SSSR count). The maximum atomic E-state index is 12.6. The molecule has 0 N–H and O–H groups in total. The van der Waals surface area contributed by atoms with Crippen LogP contribution >= 0.6 is 0 Å². The summed E-state index contributed by atoms with van der Waals surface area (Å²) in [5, 5.41) is 0. The molecule has 0 radical (unpaired) electrons. The Labute approximate surface area is 189 Å². The predicted octanol–water partition coefficient (Wildman–Crippen LogP) is 2.84. The number of ether oxygens (including phenoxy) is 4. The molecule has 2 aromatic rings. The fourth-order valence-corrected chi connectivity index (χ4v) is 5.33. The van der Waals surface area contributed by atoms with Gasteiger partial charge in [0.05, 0.1) is 18.9 Å². The van der Waals surface area contributed by atoms with Gasteiger partial charge in [0.1, 0.15) is 23.2 Å². The van der Waals surface area contributed by atoms with Gasteiger partial charge in [0, 0.05) is 11.5 Å². The number of rotatable bonds is 7. The summed E-state index contributed by atoms with van der Waals surface area (Å²) in [6.07, 6.45) is 1.42. The minimum atomic E-state index is -0.584. The molecule has 2 aromatic carbocycles. The standard InChI is InChI=1S/C25H22O8/c1-30-19-5-3-2-4-16(19)23(27)32-15-8-6-13(7-9-15)18(26)12-31-24(28)21-14-10-17-20(11-14)33-25(29)22(17)21/h2-9,14,17,20-22H,10-12H2,1H3/t14-,17+,20+,21-,22+/m1/s1. The van der Waals surface area contributed by atoms with Crippen LogP contribution in [-0.4, -0.2) is 43.5 Å². The first-order chi connectivity index (χ1) is 16.0. The van der Waals surface area contributed by atoms with E-state index in [1.807, 2.05) is 0 Å². The van der Waals surface area contributed by atoms with Crippen molar-refractivity contribution in [1.29, 1.82) is 0 Å². The Morgan fingerprint density at radius 1 is 1.03 bits per heavy atom. The predicted molar refractivity (Wildman–Crippen MR) is 113 cm³/mol. The van der Waals surface area contributed by atoms with Gasteiger partial charge in [-0.25, -0.2) is 4.79 Å². The van der Waals surface area contributed by atoms with Crippen LogP contribution in [0.5, 0.6) is 11.5 Å². The summed E-state index contributed by atoms with van der Waals surface area (Å²) in [5.74, 6) is -1.93. The molecule has 0 spiro atoms. The normalized spacial score (nSPS) is 26.6. The molecule has 2 saturated carbocycles. The number of para-hydroxylation sites is 1. The highest BCUT2D eigenvalue weighted by Gasteiger charge is 2.64. The van der Waals surface area contributed by atoms with Gasteiger partial charge < -0.3 is 18.9 Å². The Balaban J connectivity index is 1.17. The second-order valence-corrected chi connectivity index (χ2v) is 8.57. The van der Waals surface area contributed by atoms with Crippen LogP contribution in [0.1, 0.15) is 33.6 Å². The van der Waals surface area contributed by atoms with Gasteiger partial charge in [0.15, 0.2) is 12.4 Å². The molecule has 5 atom stereocenters. The lowest BCUT2D eigenvalue weighted by Crippen LogP contribution is -2.34. The van der Waals surface area contributed by atoms with E-state index < -0.39 is 30.4 Å². The summed E-state index contributed by atoms with van der Waals surface area (Å²) in [5.41, 5.74) is 0.596. The number of esters is 3. The lowest BCUT2D eigenvalue weighted by atomic mass is 9.80. The van der Waals surface area contributed by atoms with E-state index in [4.69, 9.17) is 18.9 Å². The third-order valence-electron chi connectivity index (χ3n) is 6.81. The van der Waals surface area contributed by atoms with Crippen LogP contribution in [0.3, 0.4) is 0 Å². The van der Waals surface area contributed by atoms with Crippen LogP contribution in [0.15, 0.2) is 48.5 Å². The number of hydrogen-bond donors (Lipinski definition) is 0. The number of methoxy groups -OCH3 is 1. The quantitative estimate of drug-likeness (QED) is 0.360. The van der Waals surface area contributed by atoms with E-state index in [0.29, 0.717) is 17.7 Å². The van der Waals surface area contributed by atoms with Crippen molar-refractivity contribution < 1.29 is 38.1 Å². The molecule has 2 bridgehead atoms. The minimum absolute atomic E-state index is 0.0613. The van der Waals surface area contributed by atoms with Gasteiger partial charge in [-0.05, 0) is 55.2 Å². The van der Waals surface area contributed by atoms with E-state index in [0.717, 1.165) is 6.42 Å². The van der Waals surface area contributed by atoms with Crippen molar-refractivity contribution >= 4 is 23.7 Å². The van der Waals surface area contributed by atoms with Gasteiger partial charge in [-0.2, -0.15) is 0 Å². The van der Waals surface area contributed by atoms with Gasteiger partial charge in [-0.3, -0.25) is 14.4 Å². The van der Waals surface area contributed by atoms with Gasteiger partial charge in [-0.1, -0.05) is 12.1 Å². The van der Waals surface area contributed by atoms with E-state index in [2.05, 4.69) is 0 Å². The molecule has 8 heteroatoms. The first-order valence-corrected chi connectivity index (χ1v) is 10.8. The first kappa shape index (κ1) is 21.2. The lowest BCUT2D eigenvalue weighted by Gasteiger charge is -2.22. The lowest BCUT2D eigenvalue weighted by molar-refractivity contribution is -0.154. The Bertz CT molecular complexity index is 1120. The van der Waals surface area contributed by atoms with Crippen LogP contribution in [0.4, 0.5) is 0 Å². The number of hydrogen-bond acceptors (Lipinski definition) is 8. The summed E-state index contributed by atoms with van der Waals surface area (Å²) < 4.78 is 21.1. The Hall–Kier alpha value is -3.68. The summed E-state index contributed by atoms with van der Waals surface area (Å²) in [6.45, 7) is -0.418. The highest BCUT2D eigenvalue weighted by molar-refractivity contribution is 5.98. The smallest absolute Gasteiger partial charge is 0.347 e. The average Bonchev–Trinajstić information content (AvgIpc) is 3.46. The monoisotopic (exact) mass is 450 g/mol. The van der Waals surface area contributed by atoms with Crippen molar-refractivity contribution in [3.63, 3.8) is 0 Å². The molecule has 33 heavy (non-hydrogen) atoms. The van der Waals surface area contributed by atoms with Crippen molar-refractivity contribution in [3.8, 4) is 11.5 Å². The number of carbonyl (C=O) groups excluding carboxylic acids is 4. The van der Waals surface area contributed by atoms with E-state index in [1.54, 1.807) is 24.3 Å². The molecule has 3 aliphatic rings. The molecule has 0 aromatic heterocycles. The second kappa shape index (κ2) is 8.35. The average molecular weight is 450 g/mol. The Morgan fingerprint density at radius 3 is 2.55 bits per heavy atom. The molecule has 0 unspecified atom stereocenters. The van der Waals surface area contributed by atoms with Crippen molar-refractivity contribution in [1.82, 2.24) is 0 Å². The zero-order valence-corrected chi connectivity index (χ0v) is 17.9. The van der Waals surface area contributed by atoms with Crippen LogP contribution in [0, 0.1) is 23.7 Å². The van der Waals surface area contributed by atoms with E-state index in [1.165, 1.54) is 31.4 Å². The van der Waals surface area contributed by atoms with Crippen LogP contribution in [0.2, 0.25) is 0 Å². The van der Waals surface area contributed by atoms with Gasteiger partial charge in [0.2, 0.25) is 0 Å². The largest absolute Gasteiger partial charge is 0.496 e. The molecule has 170 valence electrons. The summed E-state index contributed by atoms with van der Waals surface area (Å²) in [7, 11) is 1.46. The third-order valence-corrected chi connectivity index (χ3v) is 6.81. The molecule has 1 heterocycles. The number of Topliss-reactive ketones (excluding diaryl/α,β-unsaturated/α-hetero) is 1. The topological polar surface area (TPSA) is 105 Å². The minimum Gasteiger partial charge on any atom is -0.496 e. The molecule has 0 amide bonds. The number of carbonyl (C=O) groups is 4. The molecule has 3 fully saturated rings. The Kier molecular flexibility index (Phi) is 5.36. The summed E-state index contributed by atoms with van der Waals surface area (Å²) in [6, 6.07) is 12.7. The molecular formula is C25H22O8. The van der Waals surface area contributed by atoms with Crippen LogP contribution < -0.4 is 9.47 Å². The molecule has 8 nitrogen and oxygen atoms in total. The fraction of sp³-hybridized carbons (Fsp3) is 0.360. The van der Waals surface area contributed by atoms with Gasteiger partial charge >= 0.3 is 17.9 Å². The zero-order chi connectivity index (χ0) is 23.1. The second-order valence-electron chi connectivity index (χ2n) is 8.57. The van der Waals surface area contributed by atoms with E-state index in [-0.39, 0.29) is 41.0 Å². The summed E-state index contributed by atoms with van der Waals surface area (Å²) >= 11 is 0. The highest BCUT2D eigenvalue weighted by atomic mass is 16.6. The SMILES string of the molecule is COc1ccccc1C(=O)Oc1ccc(C(=O)COC(=O)[C@@H]2[C@@H]3C[C@@H]4[C@@H]2C(=O)O[C@H]4C3)cc1. The third kappa shape index (κ3) is 3.75. The number of ketones is 1. The first-order valence-electron chi connectivity index (χ1n) is 10.8. The molecule has 2 aliphatic carbocycles. The maximum absolute atomic E-state index is 12.6. The molecule has 1 saturated heterocycles. The molecule has 1 aliphatic heterocycles. The zero-order valence-electron chi connectivity index (χ0n) is 17.9. The van der Waals surface area contributed by atoms with Crippen LogP contribution in [0.25, 0.3) is 0 Å². The Morgan fingerprint density at radius 2 is 1.79 bits per heavy atom. The highest BCUT2D eigenvalue weighted by Crippen LogP contribution is 2.57. The summed E-state index contributed by atoms with van der Waals surface area (Å²) in [4.78, 5) is 49.6. The van der Waals surface area contributed by atoms with Crippen molar-refractivity contribution in [3.05, 3.63) is 59.7 Å². The van der Waals surface area contributed by atoms with Crippen molar-refractivity contribution in [2.45, 2.75) is 18.9 Å². The van der Waals surface area contributed by atoms with Gasteiger partial charge in [-0.15, -0.1) is 0 Å².